The molecule has 0 saturated carbocycles. The Morgan fingerprint density at radius 2 is 1.62 bits per heavy atom. The number of hydrogen-bond donors (Lipinski definition) is 1. The lowest BCUT2D eigenvalue weighted by atomic mass is 10.3. The first-order valence-corrected chi connectivity index (χ1v) is 6.99. The lowest BCUT2D eigenvalue weighted by molar-refractivity contribution is 0.379. The van der Waals surface area contributed by atoms with Gasteiger partial charge in [-0.3, -0.25) is 0 Å². The van der Waals surface area contributed by atoms with Crippen LogP contribution in [0, 0.1) is 0 Å². The van der Waals surface area contributed by atoms with Gasteiger partial charge in [-0.2, -0.15) is 0 Å². The Morgan fingerprint density at radius 3 is 2.29 bits per heavy atom. The molecule has 1 fully saturated rings. The van der Waals surface area contributed by atoms with Crippen molar-refractivity contribution in [1.82, 2.24) is 14.9 Å². The summed E-state index contributed by atoms with van der Waals surface area (Å²) in [6, 6.07) is 11.6. The van der Waals surface area contributed by atoms with Crippen molar-refractivity contribution in [3.63, 3.8) is 0 Å². The number of aliphatic imine (C=N–C) groups is 1. The number of aromatic nitrogens is 2. The van der Waals surface area contributed by atoms with E-state index in [9.17, 15) is 0 Å². The molecule has 21 heavy (non-hydrogen) atoms. The number of nitrogens with zero attached hydrogens (tertiary/aromatic N) is 5. The highest BCUT2D eigenvalue weighted by molar-refractivity contribution is 5.81. The quantitative estimate of drug-likeness (QED) is 0.663. The highest BCUT2D eigenvalue weighted by Gasteiger charge is 2.19. The standard InChI is InChI=1S/C15H18N6/c16-14(19-13-5-2-1-3-6-13)20-9-11-21(12-10-20)15-17-7-4-8-18-15/h1-8H,9-12H2,(H2,16,19). The molecule has 1 aromatic heterocycles. The van der Waals surface area contributed by atoms with Crippen molar-refractivity contribution in [3.8, 4) is 0 Å². The Kier molecular flexibility index (Phi) is 3.95. The van der Waals surface area contributed by atoms with Crippen LogP contribution in [0.3, 0.4) is 0 Å². The van der Waals surface area contributed by atoms with Gasteiger partial charge in [-0.1, -0.05) is 18.2 Å². The van der Waals surface area contributed by atoms with Gasteiger partial charge in [-0.05, 0) is 18.2 Å². The van der Waals surface area contributed by atoms with Gasteiger partial charge in [0.25, 0.3) is 0 Å². The van der Waals surface area contributed by atoms with E-state index in [1.54, 1.807) is 12.4 Å². The normalized spacial score (nSPS) is 16.1. The maximum atomic E-state index is 6.09. The lowest BCUT2D eigenvalue weighted by Crippen LogP contribution is -2.51. The van der Waals surface area contributed by atoms with Crippen LogP contribution in [-0.2, 0) is 0 Å². The molecule has 0 spiro atoms. The fourth-order valence-electron chi connectivity index (χ4n) is 2.30. The maximum absolute atomic E-state index is 6.09. The van der Waals surface area contributed by atoms with Crippen LogP contribution in [0.5, 0.6) is 0 Å². The molecule has 2 heterocycles. The number of anilines is 1. The van der Waals surface area contributed by atoms with Crippen molar-refractivity contribution in [3.05, 3.63) is 48.8 Å². The molecular formula is C15H18N6. The van der Waals surface area contributed by atoms with Gasteiger partial charge >= 0.3 is 0 Å². The number of nitrogens with two attached hydrogens (primary N) is 1. The third kappa shape index (κ3) is 3.28. The van der Waals surface area contributed by atoms with E-state index in [1.165, 1.54) is 0 Å². The lowest BCUT2D eigenvalue weighted by Gasteiger charge is -2.35. The molecule has 1 aliphatic rings. The van der Waals surface area contributed by atoms with Crippen LogP contribution in [-0.4, -0.2) is 47.0 Å². The second-order valence-corrected chi connectivity index (χ2v) is 4.83. The highest BCUT2D eigenvalue weighted by Crippen LogP contribution is 2.12. The van der Waals surface area contributed by atoms with Gasteiger partial charge in [0.05, 0.1) is 5.69 Å². The van der Waals surface area contributed by atoms with Crippen LogP contribution in [0.4, 0.5) is 11.6 Å². The number of rotatable bonds is 2. The van der Waals surface area contributed by atoms with Crippen molar-refractivity contribution in [1.29, 1.82) is 0 Å². The van der Waals surface area contributed by atoms with Crippen molar-refractivity contribution in [2.24, 2.45) is 10.7 Å². The van der Waals surface area contributed by atoms with E-state index in [4.69, 9.17) is 5.73 Å². The molecule has 1 aliphatic heterocycles. The summed E-state index contributed by atoms with van der Waals surface area (Å²) in [5.74, 6) is 1.34. The van der Waals surface area contributed by atoms with E-state index in [0.29, 0.717) is 5.96 Å². The molecule has 2 aromatic rings. The Hall–Kier alpha value is -2.63. The van der Waals surface area contributed by atoms with E-state index >= 15 is 0 Å². The van der Waals surface area contributed by atoms with E-state index in [-0.39, 0.29) is 0 Å². The van der Waals surface area contributed by atoms with E-state index in [1.807, 2.05) is 36.4 Å². The van der Waals surface area contributed by atoms with Gasteiger partial charge in [0.2, 0.25) is 5.95 Å². The first kappa shape index (κ1) is 13.4. The summed E-state index contributed by atoms with van der Waals surface area (Å²) in [5.41, 5.74) is 6.97. The molecule has 0 radical (unpaired) electrons. The molecule has 1 aromatic carbocycles. The molecule has 1 saturated heterocycles. The number of benzene rings is 1. The molecule has 0 aliphatic carbocycles. The molecule has 6 nitrogen and oxygen atoms in total. The number of hydrogen-bond acceptors (Lipinski definition) is 4. The van der Waals surface area contributed by atoms with Crippen LogP contribution < -0.4 is 10.6 Å². The molecule has 0 unspecified atom stereocenters. The van der Waals surface area contributed by atoms with Crippen molar-refractivity contribution in [2.45, 2.75) is 0 Å². The largest absolute Gasteiger partial charge is 0.369 e. The Balaban J connectivity index is 1.62. The average Bonchev–Trinajstić information content (AvgIpc) is 2.57. The van der Waals surface area contributed by atoms with Crippen LogP contribution in [0.25, 0.3) is 0 Å². The van der Waals surface area contributed by atoms with E-state index < -0.39 is 0 Å². The molecular weight excluding hydrogens is 264 g/mol. The van der Waals surface area contributed by atoms with Gasteiger partial charge in [-0.25, -0.2) is 15.0 Å². The second-order valence-electron chi connectivity index (χ2n) is 4.83. The van der Waals surface area contributed by atoms with Crippen molar-refractivity contribution in [2.75, 3.05) is 31.1 Å². The summed E-state index contributed by atoms with van der Waals surface area (Å²) in [4.78, 5) is 17.2. The number of guanidine groups is 1. The van der Waals surface area contributed by atoms with Crippen LogP contribution >= 0.6 is 0 Å². The van der Waals surface area contributed by atoms with E-state index in [2.05, 4.69) is 24.8 Å². The molecule has 3 rings (SSSR count). The van der Waals surface area contributed by atoms with Crippen molar-refractivity contribution >= 4 is 17.6 Å². The Bertz CT molecular complexity index is 590. The zero-order valence-electron chi connectivity index (χ0n) is 11.8. The fourth-order valence-corrected chi connectivity index (χ4v) is 2.30. The predicted molar refractivity (Wildman–Crippen MR) is 83.5 cm³/mol. The topological polar surface area (TPSA) is 70.6 Å². The Morgan fingerprint density at radius 1 is 0.952 bits per heavy atom. The molecule has 0 amide bonds. The fraction of sp³-hybridized carbons (Fsp3) is 0.267. The number of para-hydroxylation sites is 1. The zero-order chi connectivity index (χ0) is 14.5. The molecule has 0 atom stereocenters. The van der Waals surface area contributed by atoms with Gasteiger partial charge in [-0.15, -0.1) is 0 Å². The monoisotopic (exact) mass is 282 g/mol. The summed E-state index contributed by atoms with van der Waals surface area (Å²) in [7, 11) is 0. The average molecular weight is 282 g/mol. The molecule has 2 N–H and O–H groups in total. The zero-order valence-corrected chi connectivity index (χ0v) is 11.8. The third-order valence-corrected chi connectivity index (χ3v) is 3.44. The second kappa shape index (κ2) is 6.21. The summed E-state index contributed by atoms with van der Waals surface area (Å²) < 4.78 is 0. The smallest absolute Gasteiger partial charge is 0.225 e. The molecule has 108 valence electrons. The Labute approximate surface area is 124 Å². The first-order chi connectivity index (χ1) is 10.3. The predicted octanol–water partition coefficient (Wildman–Crippen LogP) is 1.24. The third-order valence-electron chi connectivity index (χ3n) is 3.44. The first-order valence-electron chi connectivity index (χ1n) is 6.99. The summed E-state index contributed by atoms with van der Waals surface area (Å²) in [5, 5.41) is 0. The highest BCUT2D eigenvalue weighted by atomic mass is 15.3. The minimum atomic E-state index is 0.565. The van der Waals surface area contributed by atoms with Gasteiger partial charge in [0.1, 0.15) is 0 Å². The van der Waals surface area contributed by atoms with Gasteiger partial charge in [0.15, 0.2) is 5.96 Å². The minimum absolute atomic E-state index is 0.565. The van der Waals surface area contributed by atoms with Crippen LogP contribution in [0.15, 0.2) is 53.8 Å². The summed E-state index contributed by atoms with van der Waals surface area (Å²) in [6.45, 7) is 3.32. The van der Waals surface area contributed by atoms with Crippen molar-refractivity contribution < 1.29 is 0 Å². The van der Waals surface area contributed by atoms with Gasteiger partial charge in [0, 0.05) is 38.6 Å². The molecule has 6 heteroatoms. The number of piperazine rings is 1. The molecule has 0 bridgehead atoms. The van der Waals surface area contributed by atoms with E-state index in [0.717, 1.165) is 37.8 Å². The maximum Gasteiger partial charge on any atom is 0.225 e. The summed E-state index contributed by atoms with van der Waals surface area (Å²) in [6.07, 6.45) is 3.53. The van der Waals surface area contributed by atoms with Crippen LogP contribution in [0.2, 0.25) is 0 Å². The van der Waals surface area contributed by atoms with Gasteiger partial charge < -0.3 is 15.5 Å². The van der Waals surface area contributed by atoms with Crippen LogP contribution in [0.1, 0.15) is 0 Å². The SMILES string of the molecule is NC(=Nc1ccccc1)N1CCN(c2ncccn2)CC1. The minimum Gasteiger partial charge on any atom is -0.369 e. The summed E-state index contributed by atoms with van der Waals surface area (Å²) >= 11 is 0.